The fraction of sp³-hybridized carbons (Fsp3) is 0.846. The molecule has 0 aromatic carbocycles. The van der Waals surface area contributed by atoms with Gasteiger partial charge < -0.3 is 9.64 Å². The van der Waals surface area contributed by atoms with Crippen molar-refractivity contribution in [1.82, 2.24) is 9.80 Å². The summed E-state index contributed by atoms with van der Waals surface area (Å²) in [6.45, 7) is 9.12. The normalized spacial score (nSPS) is 21.8. The van der Waals surface area contributed by atoms with Crippen molar-refractivity contribution in [2.75, 3.05) is 26.7 Å². The molecule has 1 rings (SSSR count). The molecule has 5 nitrogen and oxygen atoms in total. The highest BCUT2D eigenvalue weighted by atomic mass is 16.6. The Bertz CT molecular complexity index is 323. The number of piperazine rings is 1. The largest absolute Gasteiger partial charge is 0.444 e. The van der Waals surface area contributed by atoms with Crippen molar-refractivity contribution in [3.63, 3.8) is 0 Å². The van der Waals surface area contributed by atoms with Crippen LogP contribution in [0, 0.1) is 0 Å². The summed E-state index contributed by atoms with van der Waals surface area (Å²) in [7, 11) is 1.92. The zero-order chi connectivity index (χ0) is 13.9. The minimum Gasteiger partial charge on any atom is -0.444 e. The fourth-order valence-corrected chi connectivity index (χ4v) is 1.95. The lowest BCUT2D eigenvalue weighted by molar-refractivity contribution is -0.125. The Kier molecular flexibility index (Phi) is 4.73. The number of rotatable bonds is 2. The molecule has 1 heterocycles. The third kappa shape index (κ3) is 3.98. The minimum atomic E-state index is -0.495. The first-order valence-corrected chi connectivity index (χ1v) is 6.45. The third-order valence-electron chi connectivity index (χ3n) is 3.02. The summed E-state index contributed by atoms with van der Waals surface area (Å²) < 4.78 is 5.33. The molecule has 104 valence electrons. The van der Waals surface area contributed by atoms with E-state index in [1.807, 2.05) is 39.6 Å². The van der Waals surface area contributed by atoms with Crippen LogP contribution in [0.4, 0.5) is 4.79 Å². The topological polar surface area (TPSA) is 49.9 Å². The van der Waals surface area contributed by atoms with Gasteiger partial charge in [-0.25, -0.2) is 4.79 Å². The van der Waals surface area contributed by atoms with E-state index in [2.05, 4.69) is 0 Å². The number of carbonyl (C=O) groups is 2. The maximum absolute atomic E-state index is 12.0. The Balaban J connectivity index is 2.64. The number of ketones is 1. The van der Waals surface area contributed by atoms with Crippen LogP contribution >= 0.6 is 0 Å². The molecule has 1 fully saturated rings. The summed E-state index contributed by atoms with van der Waals surface area (Å²) in [6, 6.07) is -0.198. The zero-order valence-electron chi connectivity index (χ0n) is 12.0. The molecule has 0 spiro atoms. The highest BCUT2D eigenvalue weighted by Crippen LogP contribution is 2.15. The molecular formula is C13H24N2O3. The number of ether oxygens (including phenoxy) is 1. The molecule has 1 aliphatic rings. The number of hydrogen-bond donors (Lipinski definition) is 0. The van der Waals surface area contributed by atoms with Crippen molar-refractivity contribution in [3.8, 4) is 0 Å². The first-order valence-electron chi connectivity index (χ1n) is 6.45. The molecule has 0 saturated carbocycles. The van der Waals surface area contributed by atoms with E-state index in [4.69, 9.17) is 4.74 Å². The first kappa shape index (κ1) is 15.0. The van der Waals surface area contributed by atoms with Crippen molar-refractivity contribution in [1.29, 1.82) is 0 Å². The summed E-state index contributed by atoms with van der Waals surface area (Å²) in [5.74, 6) is 0.172. The van der Waals surface area contributed by atoms with Crippen molar-refractivity contribution in [2.45, 2.75) is 45.8 Å². The second-order valence-electron chi connectivity index (χ2n) is 5.74. The van der Waals surface area contributed by atoms with Gasteiger partial charge in [-0.05, 0) is 27.8 Å². The second kappa shape index (κ2) is 5.69. The van der Waals surface area contributed by atoms with E-state index in [1.54, 1.807) is 4.90 Å². The molecule has 1 unspecified atom stereocenters. The SMILES string of the molecule is CCC(=O)C1CN(C(=O)OC(C)(C)C)CCN1C. The Labute approximate surface area is 109 Å². The summed E-state index contributed by atoms with van der Waals surface area (Å²) in [5, 5.41) is 0. The van der Waals surface area contributed by atoms with Crippen molar-refractivity contribution in [3.05, 3.63) is 0 Å². The molecular weight excluding hydrogens is 232 g/mol. The Morgan fingerprint density at radius 3 is 2.39 bits per heavy atom. The molecule has 1 amide bonds. The monoisotopic (exact) mass is 256 g/mol. The van der Waals surface area contributed by atoms with Gasteiger partial charge in [0.25, 0.3) is 0 Å². The standard InChI is InChI=1S/C13H24N2O3/c1-6-11(16)10-9-15(8-7-14(10)5)12(17)18-13(2,3)4/h10H,6-9H2,1-5H3. The zero-order valence-corrected chi connectivity index (χ0v) is 12.0. The Hall–Kier alpha value is -1.10. The number of nitrogens with zero attached hydrogens (tertiary/aromatic N) is 2. The van der Waals surface area contributed by atoms with E-state index in [0.717, 1.165) is 0 Å². The lowest BCUT2D eigenvalue weighted by Gasteiger charge is -2.38. The van der Waals surface area contributed by atoms with Crippen LogP contribution in [-0.4, -0.2) is 60.0 Å². The summed E-state index contributed by atoms with van der Waals surface area (Å²) in [6.07, 6.45) is 0.168. The first-order chi connectivity index (χ1) is 8.24. The van der Waals surface area contributed by atoms with Crippen LogP contribution in [0.5, 0.6) is 0 Å². The van der Waals surface area contributed by atoms with Crippen LogP contribution in [0.3, 0.4) is 0 Å². The van der Waals surface area contributed by atoms with Crippen LogP contribution in [0.15, 0.2) is 0 Å². The van der Waals surface area contributed by atoms with E-state index >= 15 is 0 Å². The molecule has 0 aliphatic carbocycles. The van der Waals surface area contributed by atoms with Crippen LogP contribution in [0.25, 0.3) is 0 Å². The second-order valence-corrected chi connectivity index (χ2v) is 5.74. The molecule has 1 atom stereocenters. The van der Waals surface area contributed by atoms with Gasteiger partial charge in [-0.1, -0.05) is 6.92 Å². The van der Waals surface area contributed by atoms with Crippen LogP contribution in [0.2, 0.25) is 0 Å². The van der Waals surface area contributed by atoms with Gasteiger partial charge in [0, 0.05) is 26.1 Å². The highest BCUT2D eigenvalue weighted by Gasteiger charge is 2.33. The molecule has 18 heavy (non-hydrogen) atoms. The predicted molar refractivity (Wildman–Crippen MR) is 69.5 cm³/mol. The number of carbonyl (C=O) groups excluding carboxylic acids is 2. The van der Waals surface area contributed by atoms with Crippen molar-refractivity contribution < 1.29 is 14.3 Å². The van der Waals surface area contributed by atoms with Crippen molar-refractivity contribution >= 4 is 11.9 Å². The maximum Gasteiger partial charge on any atom is 0.410 e. The van der Waals surface area contributed by atoms with Gasteiger partial charge in [0.15, 0.2) is 5.78 Å². The number of amides is 1. The maximum atomic E-state index is 12.0. The number of Topliss-reactive ketones (excluding diaryl/α,β-unsaturated/α-hetero) is 1. The van der Waals surface area contributed by atoms with Crippen molar-refractivity contribution in [2.24, 2.45) is 0 Å². The third-order valence-corrected chi connectivity index (χ3v) is 3.02. The van der Waals surface area contributed by atoms with Gasteiger partial charge in [-0.3, -0.25) is 9.69 Å². The lowest BCUT2D eigenvalue weighted by Crippen LogP contribution is -2.56. The lowest BCUT2D eigenvalue weighted by atomic mass is 10.1. The average molecular weight is 256 g/mol. The van der Waals surface area contributed by atoms with Gasteiger partial charge in [-0.2, -0.15) is 0 Å². The average Bonchev–Trinajstić information content (AvgIpc) is 2.26. The van der Waals surface area contributed by atoms with Gasteiger partial charge in [-0.15, -0.1) is 0 Å². The van der Waals surface area contributed by atoms with E-state index in [1.165, 1.54) is 0 Å². The Morgan fingerprint density at radius 1 is 1.28 bits per heavy atom. The fourth-order valence-electron chi connectivity index (χ4n) is 1.95. The van der Waals surface area contributed by atoms with Gasteiger partial charge in [0.2, 0.25) is 0 Å². The van der Waals surface area contributed by atoms with E-state index in [-0.39, 0.29) is 17.9 Å². The van der Waals surface area contributed by atoms with Gasteiger partial charge in [0.1, 0.15) is 5.60 Å². The summed E-state index contributed by atoms with van der Waals surface area (Å²) in [5.41, 5.74) is -0.495. The highest BCUT2D eigenvalue weighted by molar-refractivity contribution is 5.84. The molecule has 0 N–H and O–H groups in total. The molecule has 5 heteroatoms. The Morgan fingerprint density at radius 2 is 1.89 bits per heavy atom. The molecule has 0 aromatic heterocycles. The summed E-state index contributed by atoms with van der Waals surface area (Å²) >= 11 is 0. The van der Waals surface area contributed by atoms with E-state index in [0.29, 0.717) is 26.1 Å². The molecule has 0 radical (unpaired) electrons. The summed E-state index contributed by atoms with van der Waals surface area (Å²) in [4.78, 5) is 27.4. The smallest absolute Gasteiger partial charge is 0.410 e. The minimum absolute atomic E-state index is 0.172. The predicted octanol–water partition coefficient (Wildman–Crippen LogP) is 1.52. The van der Waals surface area contributed by atoms with Crippen LogP contribution in [0.1, 0.15) is 34.1 Å². The molecule has 0 aromatic rings. The molecule has 1 saturated heterocycles. The molecule has 1 aliphatic heterocycles. The van der Waals surface area contributed by atoms with Gasteiger partial charge in [0.05, 0.1) is 6.04 Å². The van der Waals surface area contributed by atoms with E-state index in [9.17, 15) is 9.59 Å². The van der Waals surface area contributed by atoms with Crippen LogP contribution in [-0.2, 0) is 9.53 Å². The number of hydrogen-bond acceptors (Lipinski definition) is 4. The molecule has 0 bridgehead atoms. The number of likely N-dealkylation sites (N-methyl/N-ethyl adjacent to an activating group) is 1. The van der Waals surface area contributed by atoms with Crippen LogP contribution < -0.4 is 0 Å². The van der Waals surface area contributed by atoms with E-state index < -0.39 is 5.60 Å². The van der Waals surface area contributed by atoms with Gasteiger partial charge >= 0.3 is 6.09 Å². The quantitative estimate of drug-likeness (QED) is 0.751.